The maximum Gasteiger partial charge on any atom is 0.410 e. The van der Waals surface area contributed by atoms with Gasteiger partial charge in [0.05, 0.1) is 17.9 Å². The molecule has 2 aromatic heterocycles. The predicted octanol–water partition coefficient (Wildman–Crippen LogP) is 9.77. The van der Waals surface area contributed by atoms with E-state index in [0.29, 0.717) is 17.0 Å². The Labute approximate surface area is 534 Å². The fourth-order valence-corrected chi connectivity index (χ4v) is 11.3. The highest BCUT2D eigenvalue weighted by Gasteiger charge is 2.52. The normalized spacial score (nSPS) is 18.4. The first-order valence-electron chi connectivity index (χ1n) is 28.5. The predicted molar refractivity (Wildman–Crippen MR) is 316 cm³/mol. The van der Waals surface area contributed by atoms with Gasteiger partial charge in [-0.3, -0.25) is 53.3 Å². The van der Waals surface area contributed by atoms with Crippen molar-refractivity contribution in [3.05, 3.63) is 165 Å². The molecule has 7 amide bonds. The van der Waals surface area contributed by atoms with Crippen molar-refractivity contribution in [2.75, 3.05) is 32.7 Å². The number of piperidine rings is 1. The number of benzene rings is 4. The van der Waals surface area contributed by atoms with E-state index in [1.54, 1.807) is 32.9 Å². The minimum Gasteiger partial charge on any atom is -0.444 e. The molecule has 0 unspecified atom stereocenters. The number of alkyl halides is 4. The van der Waals surface area contributed by atoms with E-state index in [9.17, 15) is 74.4 Å². The summed E-state index contributed by atoms with van der Waals surface area (Å²) >= 11 is 13.0. The topological polar surface area (TPSA) is 268 Å². The molecule has 4 fully saturated rings. The molecule has 10 rings (SSSR count). The zero-order chi connectivity index (χ0) is 67.4. The highest BCUT2D eigenvalue weighted by molar-refractivity contribution is 6.32. The maximum atomic E-state index is 15.0. The molecule has 0 bridgehead atoms. The van der Waals surface area contributed by atoms with Crippen molar-refractivity contribution in [1.82, 2.24) is 35.5 Å². The number of nitrogens with zero attached hydrogens (tertiary/aromatic N) is 11. The number of anilines is 4. The van der Waals surface area contributed by atoms with Gasteiger partial charge >= 0.3 is 6.09 Å². The molecule has 2 aliphatic heterocycles. The van der Waals surface area contributed by atoms with Crippen LogP contribution >= 0.6 is 23.2 Å². The highest BCUT2D eigenvalue weighted by atomic mass is 35.5. The fraction of sp³-hybridized carbons (Fsp3) is 0.339. The first kappa shape index (κ1) is 67.5. The van der Waals surface area contributed by atoms with Gasteiger partial charge in [0.1, 0.15) is 83.1 Å². The van der Waals surface area contributed by atoms with E-state index in [4.69, 9.17) is 27.9 Å². The van der Waals surface area contributed by atoms with Crippen LogP contribution in [0.5, 0.6) is 0 Å². The SMILES string of the molecule is CC(C)(C)OC(=O)N1CC(=O)N(c2nccc(C#N)n2)[C@H](C(=O)N(c2cc(F)cc(F)c2)[C@H](C(=O)NC2CC(F)(F)C2)c2ccccc2Cl)C1.N#Cc1ccnc(N2C(=O)CCC[C@H]2C(=O)N(c2cc(F)cc(F)c2)[C@H](C(=O)NC2CC(F)(F)C2)c2ccccc2Cl)n1. The standard InChI is InChI=1S/C33H30ClF4N7O5.C29H23ClF4N6O3/c1-32(2,3)50-31(49)43-16-25(45(26(46)17-43)30-40-9-8-20(15-39)42-30)29(48)44(22-11-18(35)10-19(36)12-22)27(23-6-4-5-7-24(23)34)28(47)41-21-13-33(37,38)14-21;30-22-5-2-1-4-21(22)25(26(42)37-19-13-29(33,34)14-19)39(20-11-16(31)10-17(32)12-20)27(43)23-6-3-7-24(41)40(23)28-36-9-8-18(15-35)38-28/h4-12,21,25,27H,13-14,16-17H2,1-3H3,(H,41,47);1-2,4-5,8-12,19,23,25H,3,6-7,13-14H2,(H,37,42)/t25-,27-;23-,25-/m00/s1. The van der Waals surface area contributed by atoms with Crippen LogP contribution in [0.4, 0.5) is 63.2 Å². The molecular weight excluding hydrogens is 1280 g/mol. The van der Waals surface area contributed by atoms with E-state index in [-0.39, 0.29) is 63.5 Å². The van der Waals surface area contributed by atoms with E-state index in [1.165, 1.54) is 60.8 Å². The van der Waals surface area contributed by atoms with Crippen molar-refractivity contribution in [3.8, 4) is 12.1 Å². The Hall–Kier alpha value is -9.87. The van der Waals surface area contributed by atoms with Crippen LogP contribution in [-0.2, 0) is 33.5 Å². The molecule has 4 aromatic carbocycles. The van der Waals surface area contributed by atoms with Crippen LogP contribution in [0.25, 0.3) is 0 Å². The average Bonchev–Trinajstić information content (AvgIpc) is 0.769. The lowest BCUT2D eigenvalue weighted by Crippen LogP contribution is -2.65. The number of ether oxygens (including phenoxy) is 1. The smallest absolute Gasteiger partial charge is 0.410 e. The molecule has 2 aliphatic carbocycles. The average molecular weight is 1330 g/mol. The third-order valence-corrected chi connectivity index (χ3v) is 15.6. The van der Waals surface area contributed by atoms with Crippen molar-refractivity contribution in [2.45, 2.75) is 119 Å². The highest BCUT2D eigenvalue weighted by Crippen LogP contribution is 2.42. The van der Waals surface area contributed by atoms with Gasteiger partial charge in [-0.2, -0.15) is 10.5 Å². The van der Waals surface area contributed by atoms with Crippen molar-refractivity contribution in [2.24, 2.45) is 0 Å². The second-order valence-corrected chi connectivity index (χ2v) is 23.8. The maximum absolute atomic E-state index is 15.0. The largest absolute Gasteiger partial charge is 0.444 e. The number of nitriles is 2. The molecule has 0 spiro atoms. The molecule has 21 nitrogen and oxygen atoms in total. The van der Waals surface area contributed by atoms with E-state index in [2.05, 4.69) is 30.6 Å². The van der Waals surface area contributed by atoms with E-state index in [0.717, 1.165) is 50.1 Å². The Balaban J connectivity index is 0.000000222. The van der Waals surface area contributed by atoms with Crippen LogP contribution in [0, 0.1) is 45.9 Å². The lowest BCUT2D eigenvalue weighted by Gasteiger charge is -2.43. The summed E-state index contributed by atoms with van der Waals surface area (Å²) in [6.45, 7) is 3.52. The van der Waals surface area contributed by atoms with E-state index in [1.807, 2.05) is 6.07 Å². The van der Waals surface area contributed by atoms with Crippen molar-refractivity contribution >= 4 is 88.0 Å². The molecule has 4 heterocycles. The van der Waals surface area contributed by atoms with Crippen LogP contribution in [0.15, 0.2) is 109 Å². The number of amides is 7. The minimum atomic E-state index is -3.04. The van der Waals surface area contributed by atoms with Gasteiger partial charge in [-0.05, 0) is 82.1 Å². The number of halogens is 10. The third-order valence-electron chi connectivity index (χ3n) is 14.9. The Morgan fingerprint density at radius 2 is 1.04 bits per heavy atom. The lowest BCUT2D eigenvalue weighted by atomic mass is 9.87. The fourth-order valence-electron chi connectivity index (χ4n) is 10.8. The van der Waals surface area contributed by atoms with Crippen LogP contribution < -0.4 is 30.2 Å². The van der Waals surface area contributed by atoms with Gasteiger partial charge in [-0.15, -0.1) is 0 Å². The summed E-state index contributed by atoms with van der Waals surface area (Å²) < 4.78 is 119. The Morgan fingerprint density at radius 3 is 1.44 bits per heavy atom. The van der Waals surface area contributed by atoms with Gasteiger partial charge in [-0.25, -0.2) is 59.9 Å². The van der Waals surface area contributed by atoms with Crippen LogP contribution in [0.3, 0.4) is 0 Å². The number of rotatable bonds is 14. The van der Waals surface area contributed by atoms with Crippen molar-refractivity contribution in [3.63, 3.8) is 0 Å². The Bertz CT molecular complexity index is 3970. The second-order valence-electron chi connectivity index (χ2n) is 23.0. The monoisotopic (exact) mass is 1330 g/mol. The molecule has 0 radical (unpaired) electrons. The molecule has 2 saturated carbocycles. The number of carbonyl (C=O) groups is 7. The molecule has 2 N–H and O–H groups in total. The molecule has 31 heteroatoms. The number of hydrogen-bond acceptors (Lipinski definition) is 14. The second kappa shape index (κ2) is 27.5. The number of aromatic nitrogens is 4. The van der Waals surface area contributed by atoms with E-state index < -0.39 is 169 Å². The summed E-state index contributed by atoms with van der Waals surface area (Å²) in [5, 5.41) is 23.7. The minimum absolute atomic E-state index is 0.0119. The third kappa shape index (κ3) is 15.7. The van der Waals surface area contributed by atoms with Gasteiger partial charge < -0.3 is 15.4 Å². The van der Waals surface area contributed by atoms with Gasteiger partial charge in [0.25, 0.3) is 23.7 Å². The van der Waals surface area contributed by atoms with Crippen LogP contribution in [0.1, 0.15) is 100 Å². The number of carbonyl (C=O) groups excluding carboxylic acids is 7. The molecule has 6 aromatic rings. The van der Waals surface area contributed by atoms with Gasteiger partial charge in [-0.1, -0.05) is 59.6 Å². The molecule has 2 saturated heterocycles. The first-order chi connectivity index (χ1) is 43.9. The van der Waals surface area contributed by atoms with Gasteiger partial charge in [0, 0.05) is 89.9 Å². The summed E-state index contributed by atoms with van der Waals surface area (Å²) in [5.74, 6) is -16.6. The Kier molecular flexibility index (Phi) is 20.0. The van der Waals surface area contributed by atoms with Gasteiger partial charge in [0.2, 0.25) is 35.5 Å². The van der Waals surface area contributed by atoms with Crippen molar-refractivity contribution < 1.29 is 73.4 Å². The zero-order valence-electron chi connectivity index (χ0n) is 49.2. The number of piperazine rings is 1. The molecule has 4 atom stereocenters. The zero-order valence-corrected chi connectivity index (χ0v) is 50.7. The summed E-state index contributed by atoms with van der Waals surface area (Å²) in [4.78, 5) is 118. The molecular formula is C62H53Cl2F8N13O8. The molecule has 93 heavy (non-hydrogen) atoms. The van der Waals surface area contributed by atoms with Gasteiger partial charge in [0.15, 0.2) is 0 Å². The van der Waals surface area contributed by atoms with E-state index >= 15 is 4.79 Å². The number of nitrogens with one attached hydrogen (secondary N) is 2. The first-order valence-corrected chi connectivity index (χ1v) is 29.2. The lowest BCUT2D eigenvalue weighted by molar-refractivity contribution is -0.134. The summed E-state index contributed by atoms with van der Waals surface area (Å²) in [6, 6.07) is 13.4. The van der Waals surface area contributed by atoms with Crippen LogP contribution in [-0.4, -0.2) is 121 Å². The Morgan fingerprint density at radius 1 is 0.634 bits per heavy atom. The summed E-state index contributed by atoms with van der Waals surface area (Å²) in [7, 11) is 0. The quantitative estimate of drug-likeness (QED) is 0.0961. The van der Waals surface area contributed by atoms with Crippen molar-refractivity contribution in [1.29, 1.82) is 10.5 Å². The summed E-state index contributed by atoms with van der Waals surface area (Å²) in [6.07, 6.45) is -0.935. The molecule has 484 valence electrons. The van der Waals surface area contributed by atoms with Crippen LogP contribution in [0.2, 0.25) is 10.0 Å². The molecule has 4 aliphatic rings. The summed E-state index contributed by atoms with van der Waals surface area (Å²) in [5.41, 5.74) is -2.19. The number of hydrogen-bond donors (Lipinski definition) is 2.